The lowest BCUT2D eigenvalue weighted by Crippen LogP contribution is -2.42. The van der Waals surface area contributed by atoms with Gasteiger partial charge in [0, 0.05) is 18.3 Å². The van der Waals surface area contributed by atoms with Crippen LogP contribution in [-0.2, 0) is 4.74 Å². The lowest BCUT2D eigenvalue weighted by Gasteiger charge is -2.33. The second kappa shape index (κ2) is 9.30. The van der Waals surface area contributed by atoms with E-state index in [1.54, 1.807) is 11.8 Å². The largest absolute Gasteiger partial charge is 0.496 e. The van der Waals surface area contributed by atoms with Crippen LogP contribution in [0.25, 0.3) is 16.9 Å². The smallest absolute Gasteiger partial charge is 0.257 e. The normalized spacial score (nSPS) is 15.9. The Morgan fingerprint density at radius 2 is 1.67 bits per heavy atom. The number of methoxy groups -OCH3 is 1. The monoisotopic (exact) mass is 439 g/mol. The zero-order valence-electron chi connectivity index (χ0n) is 18.4. The van der Waals surface area contributed by atoms with Crippen LogP contribution in [0.2, 0.25) is 0 Å². The topological polar surface area (TPSA) is 56.6 Å². The third-order valence-electron chi connectivity index (χ3n) is 5.85. The Bertz CT molecular complexity index is 1240. The van der Waals surface area contributed by atoms with Gasteiger partial charge in [0.2, 0.25) is 0 Å². The average Bonchev–Trinajstić information content (AvgIpc) is 3.34. The molecule has 1 amide bonds. The Labute approximate surface area is 193 Å². The minimum Gasteiger partial charge on any atom is -0.496 e. The summed E-state index contributed by atoms with van der Waals surface area (Å²) < 4.78 is 13.3. The van der Waals surface area contributed by atoms with Gasteiger partial charge in [0.15, 0.2) is 0 Å². The fraction of sp³-hybridized carbons (Fsp3) is 0.185. The third-order valence-corrected chi connectivity index (χ3v) is 5.85. The number of aromatic nitrogens is 2. The lowest BCUT2D eigenvalue weighted by molar-refractivity contribution is -0.0228. The molecule has 33 heavy (non-hydrogen) atoms. The zero-order chi connectivity index (χ0) is 22.6. The van der Waals surface area contributed by atoms with Gasteiger partial charge in [-0.15, -0.1) is 0 Å². The van der Waals surface area contributed by atoms with Crippen LogP contribution in [0.15, 0.2) is 91.1 Å². The Kier molecular flexibility index (Phi) is 5.91. The highest BCUT2D eigenvalue weighted by Gasteiger charge is 2.30. The SMILES string of the molecule is COc1ccccc1-c1nn(-c2ccccc2)cc1C(=O)N1CCO[C@@H](c2ccccc2)C1. The van der Waals surface area contributed by atoms with Crippen LogP contribution in [0.4, 0.5) is 0 Å². The molecule has 3 aromatic carbocycles. The highest BCUT2D eigenvalue weighted by atomic mass is 16.5. The first-order chi connectivity index (χ1) is 16.2. The maximum Gasteiger partial charge on any atom is 0.257 e. The molecule has 166 valence electrons. The van der Waals surface area contributed by atoms with Crippen molar-refractivity contribution in [1.82, 2.24) is 14.7 Å². The van der Waals surface area contributed by atoms with Crippen molar-refractivity contribution in [2.45, 2.75) is 6.10 Å². The van der Waals surface area contributed by atoms with Gasteiger partial charge in [-0.3, -0.25) is 4.79 Å². The predicted octanol–water partition coefficient (Wildman–Crippen LogP) is 4.76. The summed E-state index contributed by atoms with van der Waals surface area (Å²) in [5, 5.41) is 4.81. The third kappa shape index (κ3) is 4.25. The number of amides is 1. The summed E-state index contributed by atoms with van der Waals surface area (Å²) in [6.45, 7) is 1.51. The number of nitrogens with zero attached hydrogens (tertiary/aromatic N) is 3. The quantitative estimate of drug-likeness (QED) is 0.450. The molecule has 0 spiro atoms. The van der Waals surface area contributed by atoms with Crippen LogP contribution >= 0.6 is 0 Å². The molecule has 0 aliphatic carbocycles. The first-order valence-corrected chi connectivity index (χ1v) is 11.0. The molecule has 0 saturated carbocycles. The molecule has 6 heteroatoms. The maximum atomic E-state index is 13.8. The van der Waals surface area contributed by atoms with Gasteiger partial charge in [-0.25, -0.2) is 4.68 Å². The van der Waals surface area contributed by atoms with Crippen molar-refractivity contribution in [3.05, 3.63) is 102 Å². The van der Waals surface area contributed by atoms with E-state index >= 15 is 0 Å². The maximum absolute atomic E-state index is 13.8. The van der Waals surface area contributed by atoms with Gasteiger partial charge in [-0.1, -0.05) is 60.7 Å². The highest BCUT2D eigenvalue weighted by Crippen LogP contribution is 2.33. The summed E-state index contributed by atoms with van der Waals surface area (Å²) in [5.74, 6) is 0.608. The molecule has 1 fully saturated rings. The molecule has 0 N–H and O–H groups in total. The summed E-state index contributed by atoms with van der Waals surface area (Å²) in [6, 6.07) is 27.5. The van der Waals surface area contributed by atoms with Crippen molar-refractivity contribution >= 4 is 5.91 Å². The number of hydrogen-bond donors (Lipinski definition) is 0. The van der Waals surface area contributed by atoms with E-state index in [1.165, 1.54) is 0 Å². The molecule has 6 nitrogen and oxygen atoms in total. The van der Waals surface area contributed by atoms with E-state index in [1.807, 2.05) is 96.0 Å². The van der Waals surface area contributed by atoms with Crippen LogP contribution < -0.4 is 4.74 Å². The van der Waals surface area contributed by atoms with E-state index in [-0.39, 0.29) is 12.0 Å². The fourth-order valence-electron chi connectivity index (χ4n) is 4.16. The Morgan fingerprint density at radius 3 is 2.42 bits per heavy atom. The van der Waals surface area contributed by atoms with Crippen LogP contribution in [0.1, 0.15) is 22.0 Å². The first-order valence-electron chi connectivity index (χ1n) is 11.0. The molecule has 1 saturated heterocycles. The highest BCUT2D eigenvalue weighted by molar-refractivity contribution is 6.00. The molecule has 0 bridgehead atoms. The van der Waals surface area contributed by atoms with E-state index < -0.39 is 0 Å². The Hall–Kier alpha value is -3.90. The van der Waals surface area contributed by atoms with Crippen molar-refractivity contribution in [2.24, 2.45) is 0 Å². The van der Waals surface area contributed by atoms with E-state index in [4.69, 9.17) is 14.6 Å². The number of carbonyl (C=O) groups is 1. The lowest BCUT2D eigenvalue weighted by atomic mass is 10.0. The van der Waals surface area contributed by atoms with Gasteiger partial charge in [0.25, 0.3) is 5.91 Å². The molecule has 1 aromatic heterocycles. The summed E-state index contributed by atoms with van der Waals surface area (Å²) in [5.41, 5.74) is 3.88. The minimum atomic E-state index is -0.150. The number of para-hydroxylation sites is 2. The number of carbonyl (C=O) groups excluding carboxylic acids is 1. The van der Waals surface area contributed by atoms with Gasteiger partial charge in [0.1, 0.15) is 17.5 Å². The molecular formula is C27H25N3O3. The first kappa shape index (κ1) is 21.0. The Morgan fingerprint density at radius 1 is 0.970 bits per heavy atom. The van der Waals surface area contributed by atoms with Gasteiger partial charge in [-0.05, 0) is 29.8 Å². The van der Waals surface area contributed by atoms with Crippen molar-refractivity contribution in [3.8, 4) is 22.7 Å². The van der Waals surface area contributed by atoms with E-state index in [0.29, 0.717) is 36.7 Å². The summed E-state index contributed by atoms with van der Waals surface area (Å²) in [7, 11) is 1.63. The second-order valence-electron chi connectivity index (χ2n) is 7.89. The van der Waals surface area contributed by atoms with Crippen molar-refractivity contribution in [2.75, 3.05) is 26.8 Å². The zero-order valence-corrected chi connectivity index (χ0v) is 18.4. The minimum absolute atomic E-state index is 0.0673. The average molecular weight is 440 g/mol. The number of ether oxygens (including phenoxy) is 2. The summed E-state index contributed by atoms with van der Waals surface area (Å²) in [6.07, 6.45) is 1.66. The molecule has 1 atom stereocenters. The molecule has 2 heterocycles. The Balaban J connectivity index is 1.53. The molecule has 0 radical (unpaired) electrons. The molecule has 1 aliphatic rings. The van der Waals surface area contributed by atoms with Gasteiger partial charge in [0.05, 0.1) is 31.5 Å². The predicted molar refractivity (Wildman–Crippen MR) is 127 cm³/mol. The van der Waals surface area contributed by atoms with Crippen molar-refractivity contribution in [1.29, 1.82) is 0 Å². The van der Waals surface area contributed by atoms with E-state index in [9.17, 15) is 4.79 Å². The number of morpholine rings is 1. The number of hydrogen-bond acceptors (Lipinski definition) is 4. The van der Waals surface area contributed by atoms with E-state index in [0.717, 1.165) is 16.8 Å². The van der Waals surface area contributed by atoms with Crippen molar-refractivity contribution in [3.63, 3.8) is 0 Å². The van der Waals surface area contributed by atoms with Gasteiger partial charge in [-0.2, -0.15) is 5.10 Å². The van der Waals surface area contributed by atoms with Crippen LogP contribution in [-0.4, -0.2) is 47.4 Å². The molecular weight excluding hydrogens is 414 g/mol. The van der Waals surface area contributed by atoms with Crippen LogP contribution in [0.5, 0.6) is 5.75 Å². The fourth-order valence-corrected chi connectivity index (χ4v) is 4.16. The standard InChI is InChI=1S/C27H25N3O3/c1-32-24-15-9-8-14-22(24)26-23(18-30(28-26)21-12-6-3-7-13-21)27(31)29-16-17-33-25(19-29)20-10-4-2-5-11-20/h2-15,18,25H,16-17,19H2,1H3/t25-/m1/s1. The van der Waals surface area contributed by atoms with E-state index in [2.05, 4.69) is 0 Å². The van der Waals surface area contributed by atoms with Crippen molar-refractivity contribution < 1.29 is 14.3 Å². The van der Waals surface area contributed by atoms with Gasteiger partial charge < -0.3 is 14.4 Å². The summed E-state index contributed by atoms with van der Waals surface area (Å²) in [4.78, 5) is 15.6. The van der Waals surface area contributed by atoms with Crippen LogP contribution in [0, 0.1) is 0 Å². The van der Waals surface area contributed by atoms with Crippen LogP contribution in [0.3, 0.4) is 0 Å². The van der Waals surface area contributed by atoms with Gasteiger partial charge >= 0.3 is 0 Å². The molecule has 0 unspecified atom stereocenters. The summed E-state index contributed by atoms with van der Waals surface area (Å²) >= 11 is 0. The number of rotatable bonds is 5. The molecule has 1 aliphatic heterocycles. The number of benzene rings is 3. The molecule has 4 aromatic rings. The second-order valence-corrected chi connectivity index (χ2v) is 7.89. The molecule has 5 rings (SSSR count).